The van der Waals surface area contributed by atoms with Crippen molar-refractivity contribution in [1.29, 1.82) is 0 Å². The average molecular weight is 315 g/mol. The van der Waals surface area contributed by atoms with Gasteiger partial charge in [0.1, 0.15) is 5.75 Å². The second-order valence-corrected chi connectivity index (χ2v) is 7.84. The van der Waals surface area contributed by atoms with E-state index in [2.05, 4.69) is 4.72 Å². The molecule has 5 nitrogen and oxygen atoms in total. The van der Waals surface area contributed by atoms with Crippen LogP contribution < -0.4 is 9.46 Å². The van der Waals surface area contributed by atoms with Gasteiger partial charge in [-0.1, -0.05) is 20.8 Å². The van der Waals surface area contributed by atoms with Gasteiger partial charge in [0.2, 0.25) is 10.0 Å². The number of hydrogen-bond donors (Lipinski definition) is 2. The summed E-state index contributed by atoms with van der Waals surface area (Å²) in [5.74, 6) is 0.571. The van der Waals surface area contributed by atoms with Crippen molar-refractivity contribution in [3.63, 3.8) is 0 Å². The maximum Gasteiger partial charge on any atom is 0.241 e. The maximum absolute atomic E-state index is 12.6. The minimum Gasteiger partial charge on any atom is -0.497 e. The predicted octanol–water partition coefficient (Wildman–Crippen LogP) is 1.94. The molecule has 0 aromatic heterocycles. The summed E-state index contributed by atoms with van der Waals surface area (Å²) in [6.45, 7) is 7.64. The molecule has 2 N–H and O–H groups in total. The van der Waals surface area contributed by atoms with Gasteiger partial charge in [-0.3, -0.25) is 0 Å². The van der Waals surface area contributed by atoms with Crippen LogP contribution in [0.3, 0.4) is 0 Å². The number of aliphatic hydroxyl groups excluding tert-OH is 1. The Morgan fingerprint density at radius 1 is 1.33 bits per heavy atom. The Kier molecular flexibility index (Phi) is 5.78. The molecule has 120 valence electrons. The number of nitrogens with one attached hydrogen (secondary N) is 1. The summed E-state index contributed by atoms with van der Waals surface area (Å²) in [4.78, 5) is 0.188. The van der Waals surface area contributed by atoms with E-state index < -0.39 is 10.0 Å². The first-order valence-corrected chi connectivity index (χ1v) is 8.40. The van der Waals surface area contributed by atoms with Crippen LogP contribution in [0.2, 0.25) is 0 Å². The summed E-state index contributed by atoms with van der Waals surface area (Å²) in [5.41, 5.74) is 0.363. The second kappa shape index (κ2) is 6.77. The van der Waals surface area contributed by atoms with E-state index in [4.69, 9.17) is 9.84 Å². The number of aliphatic hydroxyl groups is 1. The van der Waals surface area contributed by atoms with Gasteiger partial charge in [0.15, 0.2) is 0 Å². The summed E-state index contributed by atoms with van der Waals surface area (Å²) in [6.07, 6.45) is 0.261. The van der Waals surface area contributed by atoms with Crippen LogP contribution in [0, 0.1) is 5.41 Å². The lowest BCUT2D eigenvalue weighted by Gasteiger charge is -2.28. The van der Waals surface area contributed by atoms with Gasteiger partial charge in [-0.2, -0.15) is 0 Å². The van der Waals surface area contributed by atoms with E-state index in [1.54, 1.807) is 12.1 Å². The van der Waals surface area contributed by atoms with Gasteiger partial charge in [-0.15, -0.1) is 0 Å². The first kappa shape index (κ1) is 17.9. The second-order valence-electron chi connectivity index (χ2n) is 6.16. The van der Waals surface area contributed by atoms with Gasteiger partial charge in [-0.05, 0) is 42.5 Å². The molecule has 0 amide bonds. The zero-order valence-corrected chi connectivity index (χ0v) is 14.1. The largest absolute Gasteiger partial charge is 0.497 e. The summed E-state index contributed by atoms with van der Waals surface area (Å²) < 4.78 is 32.9. The molecule has 1 aromatic carbocycles. The van der Waals surface area contributed by atoms with Gasteiger partial charge in [0.25, 0.3) is 0 Å². The molecule has 1 unspecified atom stereocenters. The fourth-order valence-electron chi connectivity index (χ4n) is 1.73. The summed E-state index contributed by atoms with van der Waals surface area (Å²) >= 11 is 0. The number of hydrogen-bond acceptors (Lipinski definition) is 4. The molecule has 1 atom stereocenters. The Bertz CT molecular complexity index is 576. The van der Waals surface area contributed by atoms with Crippen molar-refractivity contribution in [1.82, 2.24) is 4.72 Å². The van der Waals surface area contributed by atoms with E-state index in [1.165, 1.54) is 13.2 Å². The normalized spacial score (nSPS) is 14.0. The highest BCUT2D eigenvalue weighted by Gasteiger charge is 2.27. The topological polar surface area (TPSA) is 75.6 Å². The van der Waals surface area contributed by atoms with E-state index in [1.807, 2.05) is 27.7 Å². The molecular formula is C15H25NO4S. The SMILES string of the molecule is COc1ccc(S(=O)(=O)NC(C)C(C)(C)C)c(CCO)c1. The first-order valence-electron chi connectivity index (χ1n) is 6.92. The van der Waals surface area contributed by atoms with Crippen LogP contribution in [-0.2, 0) is 16.4 Å². The van der Waals surface area contributed by atoms with Crippen molar-refractivity contribution in [2.24, 2.45) is 5.41 Å². The molecule has 0 fully saturated rings. The number of methoxy groups -OCH3 is 1. The minimum absolute atomic E-state index is 0.121. The molecule has 21 heavy (non-hydrogen) atoms. The van der Waals surface area contributed by atoms with Crippen molar-refractivity contribution in [3.05, 3.63) is 23.8 Å². The van der Waals surface area contributed by atoms with Crippen LogP contribution >= 0.6 is 0 Å². The van der Waals surface area contributed by atoms with Crippen molar-refractivity contribution < 1.29 is 18.3 Å². The van der Waals surface area contributed by atoms with Crippen LogP contribution in [0.5, 0.6) is 5.75 Å². The van der Waals surface area contributed by atoms with Crippen LogP contribution in [-0.4, -0.2) is 33.3 Å². The Morgan fingerprint density at radius 2 is 1.95 bits per heavy atom. The molecule has 0 heterocycles. The van der Waals surface area contributed by atoms with Crippen molar-refractivity contribution in [2.75, 3.05) is 13.7 Å². The Morgan fingerprint density at radius 3 is 2.43 bits per heavy atom. The van der Waals surface area contributed by atoms with Gasteiger partial charge in [-0.25, -0.2) is 13.1 Å². The lowest BCUT2D eigenvalue weighted by molar-refractivity contribution is 0.298. The smallest absolute Gasteiger partial charge is 0.241 e. The van der Waals surface area contributed by atoms with Gasteiger partial charge in [0, 0.05) is 12.6 Å². The number of rotatable bonds is 6. The highest BCUT2D eigenvalue weighted by molar-refractivity contribution is 7.89. The third kappa shape index (κ3) is 4.69. The summed E-state index contributed by atoms with van der Waals surface area (Å²) in [7, 11) is -2.12. The molecule has 6 heteroatoms. The quantitative estimate of drug-likeness (QED) is 0.841. The predicted molar refractivity (Wildman–Crippen MR) is 83.0 cm³/mol. The average Bonchev–Trinajstić information content (AvgIpc) is 2.37. The van der Waals surface area contributed by atoms with Crippen LogP contribution in [0.25, 0.3) is 0 Å². The van der Waals surface area contributed by atoms with E-state index in [0.29, 0.717) is 11.3 Å². The molecule has 0 aliphatic rings. The molecule has 0 aliphatic heterocycles. The van der Waals surface area contributed by atoms with Gasteiger partial charge < -0.3 is 9.84 Å². The Balaban J connectivity index is 3.18. The van der Waals surface area contributed by atoms with Crippen molar-refractivity contribution in [2.45, 2.75) is 45.1 Å². The first-order chi connectivity index (χ1) is 9.61. The van der Waals surface area contributed by atoms with E-state index in [0.717, 1.165) is 0 Å². The van der Waals surface area contributed by atoms with Crippen molar-refractivity contribution >= 4 is 10.0 Å². The lowest BCUT2D eigenvalue weighted by atomic mass is 9.89. The van der Waals surface area contributed by atoms with Crippen LogP contribution in [0.4, 0.5) is 0 Å². The van der Waals surface area contributed by atoms with Gasteiger partial charge in [0.05, 0.1) is 12.0 Å². The summed E-state index contributed by atoms with van der Waals surface area (Å²) in [5, 5.41) is 9.13. The fourth-order valence-corrected chi connectivity index (χ4v) is 3.43. The highest BCUT2D eigenvalue weighted by Crippen LogP contribution is 2.25. The van der Waals surface area contributed by atoms with Crippen LogP contribution in [0.15, 0.2) is 23.1 Å². The standard InChI is InChI=1S/C15H25NO4S/c1-11(15(2,3)4)16-21(18,19)14-7-6-13(20-5)10-12(14)8-9-17/h6-7,10-11,16-17H,8-9H2,1-5H3. The van der Waals surface area contributed by atoms with Crippen LogP contribution in [0.1, 0.15) is 33.3 Å². The molecular weight excluding hydrogens is 290 g/mol. The Labute approximate surface area is 127 Å². The van der Waals surface area contributed by atoms with Crippen molar-refractivity contribution in [3.8, 4) is 5.75 Å². The monoisotopic (exact) mass is 315 g/mol. The minimum atomic E-state index is -3.64. The molecule has 0 saturated heterocycles. The fraction of sp³-hybridized carbons (Fsp3) is 0.600. The molecule has 1 rings (SSSR count). The molecule has 1 aromatic rings. The lowest BCUT2D eigenvalue weighted by Crippen LogP contribution is -2.41. The molecule has 0 spiro atoms. The van der Waals surface area contributed by atoms with E-state index in [9.17, 15) is 8.42 Å². The zero-order chi connectivity index (χ0) is 16.3. The highest BCUT2D eigenvalue weighted by atomic mass is 32.2. The third-order valence-electron chi connectivity index (χ3n) is 3.57. The Hall–Kier alpha value is -1.11. The molecule has 0 bridgehead atoms. The number of sulfonamides is 1. The zero-order valence-electron chi connectivity index (χ0n) is 13.3. The van der Waals surface area contributed by atoms with E-state index in [-0.39, 0.29) is 29.4 Å². The maximum atomic E-state index is 12.6. The molecule has 0 saturated carbocycles. The number of benzene rings is 1. The van der Waals surface area contributed by atoms with E-state index >= 15 is 0 Å². The molecule has 0 radical (unpaired) electrons. The third-order valence-corrected chi connectivity index (χ3v) is 5.21. The number of ether oxygens (including phenoxy) is 1. The van der Waals surface area contributed by atoms with Gasteiger partial charge >= 0.3 is 0 Å². The molecule has 0 aliphatic carbocycles. The summed E-state index contributed by atoms with van der Waals surface area (Å²) in [6, 6.07) is 4.55.